The smallest absolute Gasteiger partial charge is 0.238 e. The first-order chi connectivity index (χ1) is 9.69. The summed E-state index contributed by atoms with van der Waals surface area (Å²) in [4.78, 5) is 14.2. The number of ether oxygens (including phenoxy) is 1. The van der Waals surface area contributed by atoms with Crippen LogP contribution in [0.1, 0.15) is 19.8 Å². The van der Waals surface area contributed by atoms with Crippen molar-refractivity contribution in [1.29, 1.82) is 0 Å². The molecule has 1 amide bonds. The average Bonchev–Trinajstić information content (AvgIpc) is 2.44. The van der Waals surface area contributed by atoms with Crippen LogP contribution < -0.4 is 15.8 Å². The maximum absolute atomic E-state index is 12.1. The fraction of sp³-hybridized carbons (Fsp3) is 0.533. The van der Waals surface area contributed by atoms with Crippen LogP contribution in [0.15, 0.2) is 24.3 Å². The van der Waals surface area contributed by atoms with Crippen LogP contribution in [0.2, 0.25) is 0 Å². The summed E-state index contributed by atoms with van der Waals surface area (Å²) in [6.45, 7) is 4.70. The van der Waals surface area contributed by atoms with E-state index in [0.717, 1.165) is 31.6 Å². The number of hydrogen-bond donors (Lipinski definition) is 2. The number of nitrogens with zero attached hydrogens (tertiary/aromatic N) is 1. The fourth-order valence-electron chi connectivity index (χ4n) is 2.36. The molecule has 1 aromatic rings. The molecule has 1 fully saturated rings. The molecule has 0 atom stereocenters. The van der Waals surface area contributed by atoms with Crippen molar-refractivity contribution in [3.05, 3.63) is 24.3 Å². The Labute approximate surface area is 132 Å². The van der Waals surface area contributed by atoms with Crippen molar-refractivity contribution in [2.75, 3.05) is 31.6 Å². The third-order valence-electron chi connectivity index (χ3n) is 3.46. The van der Waals surface area contributed by atoms with E-state index in [1.807, 2.05) is 31.2 Å². The molecular formula is C15H24ClN3O2. The van der Waals surface area contributed by atoms with Crippen molar-refractivity contribution in [1.82, 2.24) is 4.90 Å². The lowest BCUT2D eigenvalue weighted by Gasteiger charge is -2.29. The number of nitrogens with one attached hydrogen (secondary N) is 1. The van der Waals surface area contributed by atoms with Crippen LogP contribution in [0.3, 0.4) is 0 Å². The molecule has 0 spiro atoms. The van der Waals surface area contributed by atoms with E-state index >= 15 is 0 Å². The van der Waals surface area contributed by atoms with Gasteiger partial charge < -0.3 is 15.8 Å². The second-order valence-electron chi connectivity index (χ2n) is 5.09. The van der Waals surface area contributed by atoms with Crippen LogP contribution in [-0.4, -0.2) is 43.1 Å². The van der Waals surface area contributed by atoms with Crippen molar-refractivity contribution in [3.63, 3.8) is 0 Å². The first kappa shape index (κ1) is 17.8. The van der Waals surface area contributed by atoms with Gasteiger partial charge in [-0.25, -0.2) is 0 Å². The van der Waals surface area contributed by atoms with Gasteiger partial charge in [0.25, 0.3) is 0 Å². The molecule has 0 aromatic heterocycles. The van der Waals surface area contributed by atoms with Gasteiger partial charge in [0.15, 0.2) is 0 Å². The fourth-order valence-corrected chi connectivity index (χ4v) is 2.36. The molecular weight excluding hydrogens is 290 g/mol. The molecule has 3 N–H and O–H groups in total. The van der Waals surface area contributed by atoms with Crippen LogP contribution in [0, 0.1) is 0 Å². The minimum Gasteiger partial charge on any atom is -0.492 e. The lowest BCUT2D eigenvalue weighted by Crippen LogP contribution is -2.43. The highest BCUT2D eigenvalue weighted by Gasteiger charge is 2.18. The number of hydrogen-bond acceptors (Lipinski definition) is 4. The zero-order valence-electron chi connectivity index (χ0n) is 12.4. The Bertz CT molecular complexity index is 448. The van der Waals surface area contributed by atoms with E-state index < -0.39 is 0 Å². The second-order valence-corrected chi connectivity index (χ2v) is 5.09. The van der Waals surface area contributed by atoms with Gasteiger partial charge in [-0.1, -0.05) is 12.1 Å². The zero-order valence-corrected chi connectivity index (χ0v) is 13.2. The first-order valence-electron chi connectivity index (χ1n) is 7.18. The molecule has 1 aromatic carbocycles. The van der Waals surface area contributed by atoms with Crippen LogP contribution in [0.5, 0.6) is 5.75 Å². The van der Waals surface area contributed by atoms with Gasteiger partial charge in [0, 0.05) is 19.1 Å². The maximum atomic E-state index is 12.1. The monoisotopic (exact) mass is 313 g/mol. The molecule has 6 heteroatoms. The minimum absolute atomic E-state index is 0. The zero-order chi connectivity index (χ0) is 14.4. The number of anilines is 1. The molecule has 1 aliphatic heterocycles. The molecule has 0 radical (unpaired) electrons. The van der Waals surface area contributed by atoms with Gasteiger partial charge >= 0.3 is 0 Å². The number of carbonyl (C=O) groups is 1. The lowest BCUT2D eigenvalue weighted by atomic mass is 10.1. The van der Waals surface area contributed by atoms with Gasteiger partial charge in [0.05, 0.1) is 18.8 Å². The van der Waals surface area contributed by atoms with E-state index in [1.165, 1.54) is 0 Å². The van der Waals surface area contributed by atoms with E-state index in [1.54, 1.807) is 0 Å². The van der Waals surface area contributed by atoms with Gasteiger partial charge in [0.2, 0.25) is 5.91 Å². The Morgan fingerprint density at radius 2 is 2.05 bits per heavy atom. The molecule has 0 aliphatic carbocycles. The SMILES string of the molecule is CCOc1ccccc1NC(=O)CN1CCC(N)CC1.Cl. The summed E-state index contributed by atoms with van der Waals surface area (Å²) in [6, 6.07) is 7.78. The second kappa shape index (κ2) is 8.87. The van der Waals surface area contributed by atoms with Crippen LogP contribution in [0.4, 0.5) is 5.69 Å². The molecule has 1 aliphatic rings. The van der Waals surface area contributed by atoms with Crippen molar-refractivity contribution in [2.45, 2.75) is 25.8 Å². The molecule has 0 bridgehead atoms. The van der Waals surface area contributed by atoms with Crippen molar-refractivity contribution in [2.24, 2.45) is 5.73 Å². The average molecular weight is 314 g/mol. The Hall–Kier alpha value is -1.30. The van der Waals surface area contributed by atoms with E-state index in [-0.39, 0.29) is 24.4 Å². The third kappa shape index (κ3) is 5.53. The summed E-state index contributed by atoms with van der Waals surface area (Å²) in [7, 11) is 0. The summed E-state index contributed by atoms with van der Waals surface area (Å²) in [5, 5.41) is 2.92. The molecule has 2 rings (SSSR count). The number of rotatable bonds is 5. The first-order valence-corrected chi connectivity index (χ1v) is 7.18. The summed E-state index contributed by atoms with van der Waals surface area (Å²) in [5.41, 5.74) is 6.59. The molecule has 0 unspecified atom stereocenters. The summed E-state index contributed by atoms with van der Waals surface area (Å²) < 4.78 is 5.50. The Kier molecular flexibility index (Phi) is 7.50. The van der Waals surface area contributed by atoms with Crippen molar-refractivity contribution >= 4 is 24.0 Å². The number of piperidine rings is 1. The number of benzene rings is 1. The maximum Gasteiger partial charge on any atom is 0.238 e. The van der Waals surface area contributed by atoms with Gasteiger partial charge in [0.1, 0.15) is 5.75 Å². The predicted octanol–water partition coefficient (Wildman–Crippen LogP) is 1.87. The Morgan fingerprint density at radius 3 is 2.71 bits per heavy atom. The standard InChI is InChI=1S/C15H23N3O2.ClH/c1-2-20-14-6-4-3-5-13(14)17-15(19)11-18-9-7-12(16)8-10-18;/h3-6,12H,2,7-11,16H2,1H3,(H,17,19);1H. The highest BCUT2D eigenvalue weighted by Crippen LogP contribution is 2.23. The largest absolute Gasteiger partial charge is 0.492 e. The van der Waals surface area contributed by atoms with Crippen molar-refractivity contribution in [3.8, 4) is 5.75 Å². The van der Waals surface area contributed by atoms with E-state index in [9.17, 15) is 4.79 Å². The minimum atomic E-state index is -0.00683. The van der Waals surface area contributed by atoms with E-state index in [0.29, 0.717) is 18.9 Å². The third-order valence-corrected chi connectivity index (χ3v) is 3.46. The summed E-state index contributed by atoms with van der Waals surface area (Å²) in [6.07, 6.45) is 1.92. The number of likely N-dealkylation sites (tertiary alicyclic amines) is 1. The molecule has 0 saturated carbocycles. The predicted molar refractivity (Wildman–Crippen MR) is 87.1 cm³/mol. The van der Waals surface area contributed by atoms with Crippen LogP contribution >= 0.6 is 12.4 Å². The molecule has 1 saturated heterocycles. The summed E-state index contributed by atoms with van der Waals surface area (Å²) >= 11 is 0. The van der Waals surface area contributed by atoms with Gasteiger partial charge in [-0.2, -0.15) is 0 Å². The molecule has 118 valence electrons. The number of halogens is 1. The molecule has 21 heavy (non-hydrogen) atoms. The highest BCUT2D eigenvalue weighted by atomic mass is 35.5. The van der Waals surface area contributed by atoms with E-state index in [2.05, 4.69) is 10.2 Å². The van der Waals surface area contributed by atoms with Crippen molar-refractivity contribution < 1.29 is 9.53 Å². The highest BCUT2D eigenvalue weighted by molar-refractivity contribution is 5.93. The molecule has 5 nitrogen and oxygen atoms in total. The Balaban J connectivity index is 0.00000220. The Morgan fingerprint density at radius 1 is 1.38 bits per heavy atom. The van der Waals surface area contributed by atoms with Crippen LogP contribution in [-0.2, 0) is 4.79 Å². The number of carbonyl (C=O) groups excluding carboxylic acids is 1. The molecule has 1 heterocycles. The number of nitrogens with two attached hydrogens (primary N) is 1. The topological polar surface area (TPSA) is 67.6 Å². The number of para-hydroxylation sites is 2. The normalized spacial score (nSPS) is 16.1. The quantitative estimate of drug-likeness (QED) is 0.871. The van der Waals surface area contributed by atoms with Gasteiger partial charge in [-0.15, -0.1) is 12.4 Å². The summed E-state index contributed by atoms with van der Waals surface area (Å²) in [5.74, 6) is 0.705. The lowest BCUT2D eigenvalue weighted by molar-refractivity contribution is -0.117. The van der Waals surface area contributed by atoms with E-state index in [4.69, 9.17) is 10.5 Å². The number of amides is 1. The van der Waals surface area contributed by atoms with Gasteiger partial charge in [-0.3, -0.25) is 9.69 Å². The van der Waals surface area contributed by atoms with Gasteiger partial charge in [-0.05, 0) is 31.9 Å². The van der Waals surface area contributed by atoms with Crippen LogP contribution in [0.25, 0.3) is 0 Å².